The van der Waals surface area contributed by atoms with Gasteiger partial charge in [0, 0.05) is 18.0 Å². The lowest BCUT2D eigenvalue weighted by Crippen LogP contribution is -2.25. The van der Waals surface area contributed by atoms with Gasteiger partial charge < -0.3 is 25.3 Å². The van der Waals surface area contributed by atoms with Gasteiger partial charge in [0.15, 0.2) is 16.7 Å². The number of hydrogen-bond acceptors (Lipinski definition) is 9. The Morgan fingerprint density at radius 3 is 2.82 bits per heavy atom. The number of carbonyl (C=O) groups is 2. The van der Waals surface area contributed by atoms with Crippen LogP contribution in [0.3, 0.4) is 0 Å². The third kappa shape index (κ3) is 4.45. The van der Waals surface area contributed by atoms with Crippen LogP contribution in [0.2, 0.25) is 0 Å². The van der Waals surface area contributed by atoms with E-state index < -0.39 is 11.2 Å². The molecule has 3 N–H and O–H groups in total. The van der Waals surface area contributed by atoms with Gasteiger partial charge in [-0.15, -0.1) is 0 Å². The molecule has 1 aliphatic rings. The van der Waals surface area contributed by atoms with Crippen molar-refractivity contribution in [3.05, 3.63) is 30.0 Å². The molecule has 148 valence electrons. The molecule has 0 bridgehead atoms. The molecule has 1 aromatic heterocycles. The number of hydrogen-bond donors (Lipinski definition) is 2. The summed E-state index contributed by atoms with van der Waals surface area (Å²) in [6.07, 6.45) is 1.86. The molecule has 0 saturated heterocycles. The molecular weight excluding hydrogens is 384 g/mol. The normalized spacial score (nSPS) is 13.1. The minimum Gasteiger partial charge on any atom is -0.462 e. The van der Waals surface area contributed by atoms with Crippen molar-refractivity contribution in [2.45, 2.75) is 30.7 Å². The summed E-state index contributed by atoms with van der Waals surface area (Å²) in [4.78, 5) is 32.6. The monoisotopic (exact) mass is 404 g/mol. The van der Waals surface area contributed by atoms with Crippen LogP contribution in [0.25, 0.3) is 0 Å². The number of nitrogens with zero attached hydrogens (tertiary/aromatic N) is 2. The second-order valence-corrected chi connectivity index (χ2v) is 6.91. The molecule has 3 rings (SSSR count). The van der Waals surface area contributed by atoms with Gasteiger partial charge in [-0.3, -0.25) is 4.79 Å². The number of nitrogens with two attached hydrogens (primary N) is 1. The van der Waals surface area contributed by atoms with Gasteiger partial charge in [-0.25, -0.2) is 14.8 Å². The number of carbonyl (C=O) groups excluding carboxylic acids is 2. The summed E-state index contributed by atoms with van der Waals surface area (Å²) in [6.45, 7) is 3.98. The summed E-state index contributed by atoms with van der Waals surface area (Å²) in [5.41, 5.74) is 6.53. The van der Waals surface area contributed by atoms with Crippen molar-refractivity contribution in [1.29, 1.82) is 0 Å². The summed E-state index contributed by atoms with van der Waals surface area (Å²) >= 11 is 1.17. The van der Waals surface area contributed by atoms with Gasteiger partial charge in [-0.2, -0.15) is 0 Å². The van der Waals surface area contributed by atoms with Crippen molar-refractivity contribution >= 4 is 35.1 Å². The molecule has 28 heavy (non-hydrogen) atoms. The van der Waals surface area contributed by atoms with Gasteiger partial charge in [-0.05, 0) is 25.5 Å². The Hall–Kier alpha value is -3.01. The molecule has 1 unspecified atom stereocenters. The van der Waals surface area contributed by atoms with Gasteiger partial charge in [-0.1, -0.05) is 18.7 Å². The first-order valence-electron chi connectivity index (χ1n) is 8.68. The van der Waals surface area contributed by atoms with Crippen LogP contribution in [0.4, 0.5) is 11.5 Å². The third-order valence-electron chi connectivity index (χ3n) is 3.84. The van der Waals surface area contributed by atoms with E-state index in [2.05, 4.69) is 15.3 Å². The molecule has 1 aliphatic heterocycles. The van der Waals surface area contributed by atoms with Crippen molar-refractivity contribution in [2.75, 3.05) is 24.5 Å². The molecular formula is C18H20N4O5S. The number of benzene rings is 1. The van der Waals surface area contributed by atoms with Gasteiger partial charge in [0.2, 0.25) is 12.7 Å². The van der Waals surface area contributed by atoms with Crippen LogP contribution in [0.1, 0.15) is 30.6 Å². The molecule has 9 nitrogen and oxygen atoms in total. The number of rotatable bonds is 7. The van der Waals surface area contributed by atoms with E-state index in [9.17, 15) is 9.59 Å². The van der Waals surface area contributed by atoms with Crippen LogP contribution >= 0.6 is 11.8 Å². The summed E-state index contributed by atoms with van der Waals surface area (Å²) < 4.78 is 15.5. The summed E-state index contributed by atoms with van der Waals surface area (Å²) in [5, 5.41) is 2.71. The second kappa shape index (κ2) is 8.79. The number of thioether (sulfide) groups is 1. The van der Waals surface area contributed by atoms with Crippen LogP contribution in [-0.4, -0.2) is 40.5 Å². The Bertz CT molecular complexity index is 892. The van der Waals surface area contributed by atoms with E-state index in [0.29, 0.717) is 28.8 Å². The summed E-state index contributed by atoms with van der Waals surface area (Å²) in [5.74, 6) is 0.461. The van der Waals surface area contributed by atoms with Gasteiger partial charge in [0.1, 0.15) is 11.4 Å². The molecule has 1 amide bonds. The fourth-order valence-corrected chi connectivity index (χ4v) is 3.30. The van der Waals surface area contributed by atoms with E-state index in [1.54, 1.807) is 25.1 Å². The SMILES string of the molecule is CCOC(=O)c1cnc(SC(CC)C(=O)Nc2ccc3c(c2)OCO3)nc1N. The fourth-order valence-electron chi connectivity index (χ4n) is 2.45. The third-order valence-corrected chi connectivity index (χ3v) is 5.08. The Kier molecular flexibility index (Phi) is 6.19. The molecule has 0 radical (unpaired) electrons. The molecule has 2 heterocycles. The van der Waals surface area contributed by atoms with Crippen molar-refractivity contribution in [2.24, 2.45) is 0 Å². The maximum atomic E-state index is 12.6. The molecule has 0 saturated carbocycles. The molecule has 2 aromatic rings. The van der Waals surface area contributed by atoms with Gasteiger partial charge >= 0.3 is 5.97 Å². The number of esters is 1. The van der Waals surface area contributed by atoms with Crippen LogP contribution in [0.5, 0.6) is 11.5 Å². The maximum absolute atomic E-state index is 12.6. The smallest absolute Gasteiger partial charge is 0.343 e. The van der Waals surface area contributed by atoms with Crippen molar-refractivity contribution in [1.82, 2.24) is 9.97 Å². The maximum Gasteiger partial charge on any atom is 0.343 e. The highest BCUT2D eigenvalue weighted by Gasteiger charge is 2.22. The van der Waals surface area contributed by atoms with Crippen LogP contribution in [0.15, 0.2) is 29.6 Å². The highest BCUT2D eigenvalue weighted by molar-refractivity contribution is 8.00. The average Bonchev–Trinajstić information content (AvgIpc) is 3.14. The van der Waals surface area contributed by atoms with E-state index >= 15 is 0 Å². The lowest BCUT2D eigenvalue weighted by atomic mass is 10.2. The molecule has 0 spiro atoms. The number of anilines is 2. The van der Waals surface area contributed by atoms with Gasteiger partial charge in [0.25, 0.3) is 0 Å². The first kappa shape index (κ1) is 19.7. The van der Waals surface area contributed by atoms with E-state index in [1.165, 1.54) is 18.0 Å². The fraction of sp³-hybridized carbons (Fsp3) is 0.333. The van der Waals surface area contributed by atoms with Crippen LogP contribution in [0, 0.1) is 0 Å². The first-order chi connectivity index (χ1) is 13.5. The quantitative estimate of drug-likeness (QED) is 0.406. The number of aromatic nitrogens is 2. The van der Waals surface area contributed by atoms with Crippen LogP contribution in [-0.2, 0) is 9.53 Å². The zero-order valence-corrected chi connectivity index (χ0v) is 16.2. The Morgan fingerprint density at radius 2 is 2.11 bits per heavy atom. The number of nitrogens with one attached hydrogen (secondary N) is 1. The van der Waals surface area contributed by atoms with E-state index in [0.717, 1.165) is 0 Å². The largest absolute Gasteiger partial charge is 0.462 e. The molecule has 1 aromatic carbocycles. The highest BCUT2D eigenvalue weighted by Crippen LogP contribution is 2.34. The highest BCUT2D eigenvalue weighted by atomic mass is 32.2. The number of ether oxygens (including phenoxy) is 3. The second-order valence-electron chi connectivity index (χ2n) is 5.74. The zero-order chi connectivity index (χ0) is 20.1. The van der Waals surface area contributed by atoms with E-state index in [4.69, 9.17) is 19.9 Å². The average molecular weight is 404 g/mol. The molecule has 10 heteroatoms. The lowest BCUT2D eigenvalue weighted by molar-refractivity contribution is -0.115. The molecule has 0 aliphatic carbocycles. The summed E-state index contributed by atoms with van der Waals surface area (Å²) in [6, 6.07) is 5.19. The Morgan fingerprint density at radius 1 is 1.32 bits per heavy atom. The molecule has 1 atom stereocenters. The first-order valence-corrected chi connectivity index (χ1v) is 9.56. The van der Waals surface area contributed by atoms with Crippen LogP contribution < -0.4 is 20.5 Å². The lowest BCUT2D eigenvalue weighted by Gasteiger charge is -2.14. The van der Waals surface area contributed by atoms with Crippen molar-refractivity contribution < 1.29 is 23.8 Å². The topological polar surface area (TPSA) is 126 Å². The minimum absolute atomic E-state index is 0.0157. The van der Waals surface area contributed by atoms with Crippen molar-refractivity contribution in [3.8, 4) is 11.5 Å². The van der Waals surface area contributed by atoms with E-state index in [1.807, 2.05) is 6.92 Å². The zero-order valence-electron chi connectivity index (χ0n) is 15.4. The van der Waals surface area contributed by atoms with E-state index in [-0.39, 0.29) is 30.7 Å². The summed E-state index contributed by atoms with van der Waals surface area (Å²) in [7, 11) is 0. The number of nitrogen functional groups attached to an aromatic ring is 1. The Balaban J connectivity index is 1.67. The standard InChI is InChI=1S/C18H20N4O5S/c1-3-14(16(23)21-10-5-6-12-13(7-10)27-9-26-12)28-18-20-8-11(15(19)22-18)17(24)25-4-2/h5-8,14H,3-4,9H2,1-2H3,(H,21,23)(H2,19,20,22). The number of amides is 1. The predicted molar refractivity (Wildman–Crippen MR) is 104 cm³/mol. The molecule has 0 fully saturated rings. The minimum atomic E-state index is -0.579. The van der Waals surface area contributed by atoms with Gasteiger partial charge in [0.05, 0.1) is 11.9 Å². The van der Waals surface area contributed by atoms with Crippen molar-refractivity contribution in [3.63, 3.8) is 0 Å². The predicted octanol–water partition coefficient (Wildman–Crippen LogP) is 2.47. The number of fused-ring (bicyclic) bond motifs is 1. The Labute approximate surface area is 166 Å².